The number of piperidine rings is 1. The number of halogens is 3. The van der Waals surface area contributed by atoms with E-state index in [4.69, 9.17) is 11.0 Å². The average Bonchev–Trinajstić information content (AvgIpc) is 2.45. The molecule has 0 saturated carbocycles. The summed E-state index contributed by atoms with van der Waals surface area (Å²) in [6, 6.07) is 5.26. The Labute approximate surface area is 122 Å². The van der Waals surface area contributed by atoms with Crippen LogP contribution in [0.5, 0.6) is 0 Å². The zero-order valence-corrected chi connectivity index (χ0v) is 11.8. The summed E-state index contributed by atoms with van der Waals surface area (Å²) >= 11 is 0. The second kappa shape index (κ2) is 5.94. The summed E-state index contributed by atoms with van der Waals surface area (Å²) in [5, 5.41) is 9.15. The topological polar surface area (TPSA) is 53.0 Å². The van der Waals surface area contributed by atoms with E-state index in [1.807, 2.05) is 17.9 Å². The van der Waals surface area contributed by atoms with Crippen LogP contribution in [-0.2, 0) is 6.18 Å². The van der Waals surface area contributed by atoms with Gasteiger partial charge in [-0.3, -0.25) is 0 Å². The zero-order chi connectivity index (χ0) is 15.6. The number of nitrogens with two attached hydrogens (primary N) is 1. The smallest absolute Gasteiger partial charge is 0.370 e. The van der Waals surface area contributed by atoms with Crippen molar-refractivity contribution >= 4 is 5.69 Å². The van der Waals surface area contributed by atoms with Crippen LogP contribution in [0.4, 0.5) is 18.9 Å². The molecule has 2 atom stereocenters. The van der Waals surface area contributed by atoms with Crippen molar-refractivity contribution in [2.45, 2.75) is 32.0 Å². The molecule has 3 nitrogen and oxygen atoms in total. The molecule has 6 heteroatoms. The van der Waals surface area contributed by atoms with Crippen molar-refractivity contribution in [2.75, 3.05) is 18.0 Å². The summed E-state index contributed by atoms with van der Waals surface area (Å²) in [5.41, 5.74) is 5.76. The molecule has 0 bridgehead atoms. The van der Waals surface area contributed by atoms with E-state index in [1.54, 1.807) is 0 Å². The van der Waals surface area contributed by atoms with Gasteiger partial charge in [-0.1, -0.05) is 0 Å². The summed E-state index contributed by atoms with van der Waals surface area (Å²) in [6.45, 7) is 3.35. The maximum Gasteiger partial charge on any atom is 0.416 e. The normalized spacial score (nSPS) is 21.0. The molecule has 2 unspecified atom stereocenters. The molecule has 114 valence electrons. The van der Waals surface area contributed by atoms with Crippen LogP contribution in [0.25, 0.3) is 0 Å². The number of nitriles is 1. The van der Waals surface area contributed by atoms with Crippen molar-refractivity contribution in [3.05, 3.63) is 29.3 Å². The molecule has 2 N–H and O–H groups in total. The lowest BCUT2D eigenvalue weighted by atomic mass is 9.91. The lowest BCUT2D eigenvalue weighted by Crippen LogP contribution is -2.42. The average molecular weight is 297 g/mol. The highest BCUT2D eigenvalue weighted by Gasteiger charge is 2.32. The van der Waals surface area contributed by atoms with Gasteiger partial charge < -0.3 is 10.6 Å². The van der Waals surface area contributed by atoms with E-state index in [0.29, 0.717) is 18.2 Å². The Hall–Kier alpha value is -1.74. The van der Waals surface area contributed by atoms with Crippen LogP contribution in [0.2, 0.25) is 0 Å². The van der Waals surface area contributed by atoms with E-state index in [1.165, 1.54) is 6.07 Å². The third kappa shape index (κ3) is 3.48. The predicted octanol–water partition coefficient (Wildman–Crippen LogP) is 3.14. The molecule has 1 aromatic carbocycles. The van der Waals surface area contributed by atoms with Gasteiger partial charge in [-0.15, -0.1) is 0 Å². The lowest BCUT2D eigenvalue weighted by Gasteiger charge is -2.36. The molecular formula is C15H18F3N3. The number of nitrogens with zero attached hydrogens (tertiary/aromatic N) is 2. The van der Waals surface area contributed by atoms with Crippen molar-refractivity contribution < 1.29 is 13.2 Å². The maximum atomic E-state index is 12.7. The van der Waals surface area contributed by atoms with E-state index >= 15 is 0 Å². The molecule has 2 rings (SSSR count). The van der Waals surface area contributed by atoms with E-state index in [0.717, 1.165) is 31.5 Å². The first-order valence-electron chi connectivity index (χ1n) is 6.95. The van der Waals surface area contributed by atoms with Crippen molar-refractivity contribution in [3.63, 3.8) is 0 Å². The van der Waals surface area contributed by atoms with Gasteiger partial charge in [0.15, 0.2) is 0 Å². The highest BCUT2D eigenvalue weighted by Crippen LogP contribution is 2.34. The Morgan fingerprint density at radius 2 is 2.14 bits per heavy atom. The molecule has 1 heterocycles. The molecule has 0 amide bonds. The predicted molar refractivity (Wildman–Crippen MR) is 74.7 cm³/mol. The van der Waals surface area contributed by atoms with Crippen molar-refractivity contribution in [3.8, 4) is 6.07 Å². The van der Waals surface area contributed by atoms with Crippen LogP contribution < -0.4 is 10.6 Å². The summed E-state index contributed by atoms with van der Waals surface area (Å²) in [4.78, 5) is 1.97. The molecule has 0 radical (unpaired) electrons. The standard InChI is InChI=1S/C15H18F3N3/c1-10(20)11-3-2-6-21(9-11)14-5-4-13(15(16,17)18)7-12(14)8-19/h4-5,7,10-11H,2-3,6,9,20H2,1H3. The molecule has 0 spiro atoms. The lowest BCUT2D eigenvalue weighted by molar-refractivity contribution is -0.137. The van der Waals surface area contributed by atoms with Gasteiger partial charge in [0.2, 0.25) is 0 Å². The van der Waals surface area contributed by atoms with Gasteiger partial charge in [0.1, 0.15) is 6.07 Å². The Kier molecular flexibility index (Phi) is 4.43. The van der Waals surface area contributed by atoms with Gasteiger partial charge in [-0.2, -0.15) is 18.4 Å². The molecule has 0 aliphatic carbocycles. The van der Waals surface area contributed by atoms with Crippen LogP contribution in [0.15, 0.2) is 18.2 Å². The molecule has 1 aliphatic heterocycles. The van der Waals surface area contributed by atoms with Crippen LogP contribution in [0.3, 0.4) is 0 Å². The fourth-order valence-electron chi connectivity index (χ4n) is 2.74. The third-order valence-corrected chi connectivity index (χ3v) is 3.99. The fraction of sp³-hybridized carbons (Fsp3) is 0.533. The largest absolute Gasteiger partial charge is 0.416 e. The van der Waals surface area contributed by atoms with Gasteiger partial charge in [0, 0.05) is 19.1 Å². The number of rotatable bonds is 2. The number of anilines is 1. The highest BCUT2D eigenvalue weighted by atomic mass is 19.4. The van der Waals surface area contributed by atoms with E-state index in [9.17, 15) is 13.2 Å². The van der Waals surface area contributed by atoms with E-state index < -0.39 is 11.7 Å². The quantitative estimate of drug-likeness (QED) is 0.912. The maximum absolute atomic E-state index is 12.7. The summed E-state index contributed by atoms with van der Waals surface area (Å²) < 4.78 is 38.1. The molecular weight excluding hydrogens is 279 g/mol. The molecule has 1 aliphatic rings. The third-order valence-electron chi connectivity index (χ3n) is 3.99. The summed E-state index contributed by atoms with van der Waals surface area (Å²) in [5.74, 6) is 0.299. The number of alkyl halides is 3. The van der Waals surface area contributed by atoms with Crippen LogP contribution >= 0.6 is 0 Å². The van der Waals surface area contributed by atoms with Gasteiger partial charge in [-0.05, 0) is 43.9 Å². The van der Waals surface area contributed by atoms with Crippen LogP contribution in [-0.4, -0.2) is 19.1 Å². The fourth-order valence-corrected chi connectivity index (χ4v) is 2.74. The van der Waals surface area contributed by atoms with Gasteiger partial charge in [0.05, 0.1) is 16.8 Å². The van der Waals surface area contributed by atoms with Crippen molar-refractivity contribution in [1.82, 2.24) is 0 Å². The van der Waals surface area contributed by atoms with Crippen molar-refractivity contribution in [1.29, 1.82) is 5.26 Å². The van der Waals surface area contributed by atoms with Crippen LogP contribution in [0, 0.1) is 17.2 Å². The number of hydrogen-bond donors (Lipinski definition) is 1. The van der Waals surface area contributed by atoms with E-state index in [2.05, 4.69) is 0 Å². The molecule has 1 saturated heterocycles. The monoisotopic (exact) mass is 297 g/mol. The molecule has 0 aromatic heterocycles. The Bertz CT molecular complexity index is 546. The number of benzene rings is 1. The Morgan fingerprint density at radius 1 is 1.43 bits per heavy atom. The Balaban J connectivity index is 2.30. The minimum Gasteiger partial charge on any atom is -0.370 e. The number of hydrogen-bond acceptors (Lipinski definition) is 3. The van der Waals surface area contributed by atoms with Crippen molar-refractivity contribution in [2.24, 2.45) is 11.7 Å². The second-order valence-electron chi connectivity index (χ2n) is 5.55. The molecule has 1 fully saturated rings. The summed E-state index contributed by atoms with van der Waals surface area (Å²) in [7, 11) is 0. The van der Waals surface area contributed by atoms with Gasteiger partial charge in [0.25, 0.3) is 0 Å². The second-order valence-corrected chi connectivity index (χ2v) is 5.55. The van der Waals surface area contributed by atoms with Gasteiger partial charge >= 0.3 is 6.18 Å². The Morgan fingerprint density at radius 3 is 2.71 bits per heavy atom. The van der Waals surface area contributed by atoms with Gasteiger partial charge in [-0.25, -0.2) is 0 Å². The SMILES string of the molecule is CC(N)C1CCCN(c2ccc(C(F)(F)F)cc2C#N)C1. The molecule has 1 aromatic rings. The highest BCUT2D eigenvalue weighted by molar-refractivity contribution is 5.61. The first-order chi connectivity index (χ1) is 9.82. The van der Waals surface area contributed by atoms with Crippen LogP contribution in [0.1, 0.15) is 30.9 Å². The first-order valence-corrected chi connectivity index (χ1v) is 6.95. The van der Waals surface area contributed by atoms with E-state index in [-0.39, 0.29) is 11.6 Å². The summed E-state index contributed by atoms with van der Waals surface area (Å²) in [6.07, 6.45) is -2.49. The first kappa shape index (κ1) is 15.6. The molecule has 21 heavy (non-hydrogen) atoms. The zero-order valence-electron chi connectivity index (χ0n) is 11.8. The minimum absolute atomic E-state index is 0.0350. The minimum atomic E-state index is -4.43.